The van der Waals surface area contributed by atoms with Crippen LogP contribution in [-0.2, 0) is 6.54 Å². The van der Waals surface area contributed by atoms with Crippen molar-refractivity contribution in [3.8, 4) is 11.5 Å². The molecule has 118 valence electrons. The van der Waals surface area contributed by atoms with E-state index in [1.165, 1.54) is 32.1 Å². The van der Waals surface area contributed by atoms with Crippen LogP contribution in [0.25, 0.3) is 0 Å². The Hall–Kier alpha value is -0.740. The monoisotopic (exact) mass is 355 g/mol. The predicted octanol–water partition coefficient (Wildman–Crippen LogP) is 4.67. The van der Waals surface area contributed by atoms with Crippen molar-refractivity contribution in [2.75, 3.05) is 13.7 Å². The van der Waals surface area contributed by atoms with Crippen LogP contribution >= 0.6 is 15.9 Å². The smallest absolute Gasteiger partial charge is 0.166 e. The lowest BCUT2D eigenvalue weighted by molar-refractivity contribution is 0.288. The van der Waals surface area contributed by atoms with E-state index in [4.69, 9.17) is 9.47 Å². The first-order chi connectivity index (χ1) is 10.3. The summed E-state index contributed by atoms with van der Waals surface area (Å²) in [5.74, 6) is 1.68. The highest BCUT2D eigenvalue weighted by Gasteiger charge is 2.17. The quantitative estimate of drug-likeness (QED) is 0.770. The highest BCUT2D eigenvalue weighted by atomic mass is 79.9. The number of methoxy groups -OCH3 is 1. The van der Waals surface area contributed by atoms with Crippen molar-refractivity contribution in [3.63, 3.8) is 0 Å². The fourth-order valence-electron chi connectivity index (χ4n) is 2.82. The van der Waals surface area contributed by atoms with Gasteiger partial charge in [-0.25, -0.2) is 0 Å². The van der Waals surface area contributed by atoms with E-state index in [0.29, 0.717) is 12.6 Å². The van der Waals surface area contributed by atoms with E-state index in [9.17, 15) is 0 Å². The first kappa shape index (κ1) is 16.6. The van der Waals surface area contributed by atoms with Gasteiger partial charge >= 0.3 is 0 Å². The first-order valence-electron chi connectivity index (χ1n) is 7.97. The molecular formula is C17H26BrNO2. The van der Waals surface area contributed by atoms with Crippen molar-refractivity contribution in [2.45, 2.75) is 58.0 Å². The Morgan fingerprint density at radius 1 is 1.24 bits per heavy atom. The van der Waals surface area contributed by atoms with Gasteiger partial charge in [0.2, 0.25) is 0 Å². The lowest BCUT2D eigenvalue weighted by atomic mass is 9.95. The van der Waals surface area contributed by atoms with Crippen molar-refractivity contribution >= 4 is 15.9 Å². The molecule has 0 unspecified atom stereocenters. The fraction of sp³-hybridized carbons (Fsp3) is 0.647. The molecule has 1 aromatic carbocycles. The molecule has 1 saturated carbocycles. The second-order valence-electron chi connectivity index (χ2n) is 5.62. The third kappa shape index (κ3) is 4.62. The summed E-state index contributed by atoms with van der Waals surface area (Å²) in [5.41, 5.74) is 1.16. The normalized spacial score (nSPS) is 16.0. The predicted molar refractivity (Wildman–Crippen MR) is 90.2 cm³/mol. The molecule has 0 saturated heterocycles. The molecule has 1 aliphatic rings. The molecule has 21 heavy (non-hydrogen) atoms. The van der Waals surface area contributed by atoms with Gasteiger partial charge in [-0.3, -0.25) is 0 Å². The Bertz CT molecular complexity index is 445. The lowest BCUT2D eigenvalue weighted by Gasteiger charge is -2.24. The van der Waals surface area contributed by atoms with Crippen LogP contribution < -0.4 is 14.8 Å². The Kier molecular flexibility index (Phi) is 6.84. The average Bonchev–Trinajstić information content (AvgIpc) is 2.53. The van der Waals surface area contributed by atoms with E-state index in [-0.39, 0.29) is 0 Å². The number of benzene rings is 1. The summed E-state index contributed by atoms with van der Waals surface area (Å²) >= 11 is 3.65. The largest absolute Gasteiger partial charge is 0.493 e. The van der Waals surface area contributed by atoms with Gasteiger partial charge in [-0.05, 0) is 31.4 Å². The summed E-state index contributed by atoms with van der Waals surface area (Å²) in [7, 11) is 1.69. The maximum atomic E-state index is 5.93. The van der Waals surface area contributed by atoms with Crippen LogP contribution in [0.2, 0.25) is 0 Å². The zero-order chi connectivity index (χ0) is 15.1. The van der Waals surface area contributed by atoms with Crippen LogP contribution in [0.4, 0.5) is 0 Å². The molecule has 1 aliphatic carbocycles. The number of halogens is 1. The lowest BCUT2D eigenvalue weighted by Crippen LogP contribution is -2.30. The molecule has 0 amide bonds. The molecule has 1 aromatic rings. The van der Waals surface area contributed by atoms with Crippen LogP contribution in [-0.4, -0.2) is 19.8 Å². The molecular weight excluding hydrogens is 330 g/mol. The van der Waals surface area contributed by atoms with Gasteiger partial charge in [-0.1, -0.05) is 42.1 Å². The number of nitrogens with one attached hydrogen (secondary N) is 1. The number of hydrogen-bond donors (Lipinski definition) is 1. The van der Waals surface area contributed by atoms with Crippen molar-refractivity contribution < 1.29 is 9.47 Å². The van der Waals surface area contributed by atoms with Gasteiger partial charge < -0.3 is 14.8 Å². The minimum atomic E-state index is 0.635. The summed E-state index contributed by atoms with van der Waals surface area (Å²) in [6, 6.07) is 4.63. The molecule has 0 atom stereocenters. The van der Waals surface area contributed by atoms with Gasteiger partial charge in [-0.2, -0.15) is 0 Å². The van der Waals surface area contributed by atoms with Crippen molar-refractivity contribution in [1.82, 2.24) is 5.32 Å². The molecule has 2 rings (SSSR count). The maximum absolute atomic E-state index is 5.93. The van der Waals surface area contributed by atoms with Crippen LogP contribution in [0.1, 0.15) is 51.0 Å². The van der Waals surface area contributed by atoms with Crippen molar-refractivity contribution in [1.29, 1.82) is 0 Å². The minimum Gasteiger partial charge on any atom is -0.493 e. The van der Waals surface area contributed by atoms with Crippen molar-refractivity contribution in [2.24, 2.45) is 0 Å². The van der Waals surface area contributed by atoms with E-state index in [1.54, 1.807) is 7.11 Å². The summed E-state index contributed by atoms with van der Waals surface area (Å²) < 4.78 is 12.5. The van der Waals surface area contributed by atoms with Crippen LogP contribution in [0.15, 0.2) is 16.6 Å². The molecule has 3 nitrogen and oxygen atoms in total. The van der Waals surface area contributed by atoms with Crippen LogP contribution in [0.5, 0.6) is 11.5 Å². The van der Waals surface area contributed by atoms with Gasteiger partial charge in [0.15, 0.2) is 11.5 Å². The Labute approximate surface area is 136 Å². The molecule has 0 spiro atoms. The Morgan fingerprint density at radius 3 is 2.67 bits per heavy atom. The minimum absolute atomic E-state index is 0.635. The van der Waals surface area contributed by atoms with Crippen LogP contribution in [0, 0.1) is 0 Å². The van der Waals surface area contributed by atoms with Gasteiger partial charge in [-0.15, -0.1) is 0 Å². The SMILES string of the molecule is CCCOc1c(OC)ccc(Br)c1CNC1CCCCC1. The third-order valence-corrected chi connectivity index (χ3v) is 4.75. The van der Waals surface area contributed by atoms with E-state index in [2.05, 4.69) is 28.2 Å². The summed E-state index contributed by atoms with van der Waals surface area (Å²) in [6.07, 6.45) is 7.63. The Morgan fingerprint density at radius 2 is 2.00 bits per heavy atom. The Balaban J connectivity index is 2.11. The second kappa shape index (κ2) is 8.64. The standard InChI is InChI=1S/C17H26BrNO2/c1-3-11-21-17-14(15(18)9-10-16(17)20-2)12-19-13-7-5-4-6-8-13/h9-10,13,19H,3-8,11-12H2,1-2H3. The highest BCUT2D eigenvalue weighted by molar-refractivity contribution is 9.10. The van der Waals surface area contributed by atoms with E-state index in [1.807, 2.05) is 12.1 Å². The molecule has 4 heteroatoms. The number of ether oxygens (including phenoxy) is 2. The maximum Gasteiger partial charge on any atom is 0.166 e. The highest BCUT2D eigenvalue weighted by Crippen LogP contribution is 2.36. The van der Waals surface area contributed by atoms with Gasteiger partial charge in [0.1, 0.15) is 0 Å². The molecule has 0 bridgehead atoms. The summed E-state index contributed by atoms with van der Waals surface area (Å²) in [5, 5.41) is 3.68. The zero-order valence-electron chi connectivity index (χ0n) is 13.1. The van der Waals surface area contributed by atoms with Gasteiger partial charge in [0, 0.05) is 22.6 Å². The fourth-order valence-corrected chi connectivity index (χ4v) is 3.28. The molecule has 0 heterocycles. The molecule has 0 aliphatic heterocycles. The number of rotatable bonds is 7. The van der Waals surface area contributed by atoms with Gasteiger partial charge in [0.25, 0.3) is 0 Å². The van der Waals surface area contributed by atoms with E-state index >= 15 is 0 Å². The van der Waals surface area contributed by atoms with E-state index < -0.39 is 0 Å². The summed E-state index contributed by atoms with van der Waals surface area (Å²) in [4.78, 5) is 0. The van der Waals surface area contributed by atoms with Crippen LogP contribution in [0.3, 0.4) is 0 Å². The molecule has 1 fully saturated rings. The van der Waals surface area contributed by atoms with Gasteiger partial charge in [0.05, 0.1) is 13.7 Å². The van der Waals surface area contributed by atoms with E-state index in [0.717, 1.165) is 34.5 Å². The molecule has 1 N–H and O–H groups in total. The first-order valence-corrected chi connectivity index (χ1v) is 8.77. The third-order valence-electron chi connectivity index (χ3n) is 4.01. The second-order valence-corrected chi connectivity index (χ2v) is 6.48. The topological polar surface area (TPSA) is 30.5 Å². The summed E-state index contributed by atoms with van der Waals surface area (Å²) in [6.45, 7) is 3.65. The number of hydrogen-bond acceptors (Lipinski definition) is 3. The zero-order valence-corrected chi connectivity index (χ0v) is 14.7. The average molecular weight is 356 g/mol. The molecule has 0 radical (unpaired) electrons. The molecule has 0 aromatic heterocycles. The van der Waals surface area contributed by atoms with Crippen molar-refractivity contribution in [3.05, 3.63) is 22.2 Å².